The van der Waals surface area contributed by atoms with Gasteiger partial charge in [0.2, 0.25) is 11.8 Å². The number of aryl methyl sites for hydroxylation is 1. The van der Waals surface area contributed by atoms with E-state index in [1.807, 2.05) is 43.9 Å². The van der Waals surface area contributed by atoms with E-state index in [4.69, 9.17) is 0 Å². The average molecular weight is 548 g/mol. The second kappa shape index (κ2) is 12.9. The molecule has 8 heteroatoms. The number of nitrogens with zero attached hydrogens (tertiary/aromatic N) is 4. The second-order valence-electron chi connectivity index (χ2n) is 11.9. The minimum absolute atomic E-state index is 0.0840. The maximum Gasteiger partial charge on any atom is 0.257 e. The molecule has 3 heterocycles. The van der Waals surface area contributed by atoms with E-state index >= 15 is 0 Å². The quantitative estimate of drug-likeness (QED) is 0.381. The minimum Gasteiger partial charge on any atom is -0.343 e. The van der Waals surface area contributed by atoms with Crippen LogP contribution >= 0.6 is 0 Å². The van der Waals surface area contributed by atoms with Crippen LogP contribution < -0.4 is 10.2 Å². The van der Waals surface area contributed by atoms with Crippen LogP contribution in [-0.4, -0.2) is 65.2 Å². The molecular weight excluding hydrogens is 502 g/mol. The molecule has 1 aromatic carbocycles. The second-order valence-corrected chi connectivity index (χ2v) is 11.9. The summed E-state index contributed by atoms with van der Waals surface area (Å²) in [6.45, 7) is 13.8. The molecular formula is C32H45N5O3. The standard InChI is InChI=1S/C32H45N5O3/c1-6-32(4,5)31(40)36(7-2)18-9-8-11-24-15-19-35(20-16-24)22-28(38)37-27-14-13-23(3)21-25(27)30(39)34-26-12-10-17-33-29(26)37/h10,12-14,17,21,24H,6-9,11,15-16,18-20,22H2,1-5H3,(H,34,39). The van der Waals surface area contributed by atoms with E-state index in [0.29, 0.717) is 28.7 Å². The molecule has 4 rings (SSSR count). The van der Waals surface area contributed by atoms with Gasteiger partial charge in [-0.15, -0.1) is 0 Å². The molecule has 1 aromatic heterocycles. The van der Waals surface area contributed by atoms with Gasteiger partial charge in [0, 0.05) is 24.7 Å². The number of nitrogens with one attached hydrogen (secondary N) is 1. The number of aromatic nitrogens is 1. The Hall–Kier alpha value is -3.26. The summed E-state index contributed by atoms with van der Waals surface area (Å²) in [7, 11) is 0. The molecule has 1 saturated heterocycles. The lowest BCUT2D eigenvalue weighted by molar-refractivity contribution is -0.140. The number of hydrogen-bond donors (Lipinski definition) is 1. The van der Waals surface area contributed by atoms with Gasteiger partial charge in [0.05, 0.1) is 23.5 Å². The van der Waals surface area contributed by atoms with Crippen molar-refractivity contribution >= 4 is 34.9 Å². The molecule has 40 heavy (non-hydrogen) atoms. The molecule has 0 atom stereocenters. The molecule has 1 N–H and O–H groups in total. The monoisotopic (exact) mass is 547 g/mol. The molecule has 0 spiro atoms. The van der Waals surface area contributed by atoms with E-state index in [-0.39, 0.29) is 29.7 Å². The van der Waals surface area contributed by atoms with E-state index in [9.17, 15) is 14.4 Å². The minimum atomic E-state index is -0.293. The van der Waals surface area contributed by atoms with Crippen LogP contribution in [0, 0.1) is 18.3 Å². The summed E-state index contributed by atoms with van der Waals surface area (Å²) in [5, 5.41) is 2.92. The van der Waals surface area contributed by atoms with E-state index in [1.165, 1.54) is 0 Å². The molecule has 3 amide bonds. The van der Waals surface area contributed by atoms with Gasteiger partial charge in [-0.05, 0) is 82.8 Å². The molecule has 0 bridgehead atoms. The predicted octanol–water partition coefficient (Wildman–Crippen LogP) is 5.79. The van der Waals surface area contributed by atoms with Crippen LogP contribution in [0.15, 0.2) is 36.5 Å². The van der Waals surface area contributed by atoms with Crippen LogP contribution in [-0.2, 0) is 9.59 Å². The Balaban J connectivity index is 1.31. The van der Waals surface area contributed by atoms with Gasteiger partial charge in [-0.25, -0.2) is 4.98 Å². The largest absolute Gasteiger partial charge is 0.343 e. The molecule has 8 nitrogen and oxygen atoms in total. The number of unbranched alkanes of at least 4 members (excludes halogenated alkanes) is 1. The highest BCUT2D eigenvalue weighted by atomic mass is 16.2. The van der Waals surface area contributed by atoms with Crippen molar-refractivity contribution in [3.8, 4) is 0 Å². The van der Waals surface area contributed by atoms with Crippen molar-refractivity contribution in [1.82, 2.24) is 14.8 Å². The Bertz CT molecular complexity index is 1220. The third-order valence-electron chi connectivity index (χ3n) is 8.62. The zero-order valence-electron chi connectivity index (χ0n) is 24.8. The van der Waals surface area contributed by atoms with Gasteiger partial charge in [-0.2, -0.15) is 0 Å². The highest BCUT2D eigenvalue weighted by Crippen LogP contribution is 2.37. The number of carbonyl (C=O) groups excluding carboxylic acids is 3. The predicted molar refractivity (Wildman–Crippen MR) is 160 cm³/mol. The lowest BCUT2D eigenvalue weighted by Crippen LogP contribution is -2.42. The third-order valence-corrected chi connectivity index (χ3v) is 8.62. The number of anilines is 3. The summed E-state index contributed by atoms with van der Waals surface area (Å²) in [4.78, 5) is 49.8. The van der Waals surface area contributed by atoms with Gasteiger partial charge in [0.15, 0.2) is 5.82 Å². The van der Waals surface area contributed by atoms with Crippen molar-refractivity contribution in [3.05, 3.63) is 47.7 Å². The molecule has 2 aromatic rings. The molecule has 216 valence electrons. The summed E-state index contributed by atoms with van der Waals surface area (Å²) in [5.74, 6) is 1.05. The van der Waals surface area contributed by atoms with Crippen LogP contribution in [0.1, 0.15) is 82.1 Å². The number of amides is 3. The number of carbonyl (C=O) groups is 3. The number of fused-ring (bicyclic) bond motifs is 2. The molecule has 2 aliphatic rings. The summed E-state index contributed by atoms with van der Waals surface area (Å²) in [5.41, 5.74) is 2.25. The smallest absolute Gasteiger partial charge is 0.257 e. The summed E-state index contributed by atoms with van der Waals surface area (Å²) >= 11 is 0. The number of hydrogen-bond acceptors (Lipinski definition) is 5. The maximum absolute atomic E-state index is 13.7. The van der Waals surface area contributed by atoms with Crippen LogP contribution in [0.2, 0.25) is 0 Å². The van der Waals surface area contributed by atoms with Gasteiger partial charge >= 0.3 is 0 Å². The van der Waals surface area contributed by atoms with Gasteiger partial charge in [0.1, 0.15) is 0 Å². The van der Waals surface area contributed by atoms with Crippen molar-refractivity contribution in [3.63, 3.8) is 0 Å². The maximum atomic E-state index is 13.7. The van der Waals surface area contributed by atoms with Gasteiger partial charge in [-0.1, -0.05) is 45.2 Å². The number of likely N-dealkylation sites (tertiary alicyclic amines) is 1. The van der Waals surface area contributed by atoms with Crippen molar-refractivity contribution in [2.24, 2.45) is 11.3 Å². The first-order valence-corrected chi connectivity index (χ1v) is 14.9. The lowest BCUT2D eigenvalue weighted by atomic mass is 9.88. The van der Waals surface area contributed by atoms with Crippen molar-refractivity contribution in [2.75, 3.05) is 42.9 Å². The van der Waals surface area contributed by atoms with Crippen LogP contribution in [0.4, 0.5) is 17.2 Å². The first kappa shape index (κ1) is 29.7. The zero-order chi connectivity index (χ0) is 28.9. The Kier molecular flexibility index (Phi) is 9.61. The van der Waals surface area contributed by atoms with E-state index in [0.717, 1.165) is 70.3 Å². The Morgan fingerprint density at radius 2 is 1.88 bits per heavy atom. The zero-order valence-corrected chi connectivity index (χ0v) is 24.8. The van der Waals surface area contributed by atoms with Gasteiger partial charge in [0.25, 0.3) is 5.91 Å². The average Bonchev–Trinajstić information content (AvgIpc) is 3.07. The van der Waals surface area contributed by atoms with Crippen molar-refractivity contribution in [2.45, 2.75) is 73.1 Å². The fraction of sp³-hybridized carbons (Fsp3) is 0.562. The van der Waals surface area contributed by atoms with E-state index < -0.39 is 0 Å². The SMILES string of the molecule is CCN(CCCCC1CCN(CC(=O)N2c3ccc(C)cc3C(=O)Nc3cccnc32)CC1)C(=O)C(C)(C)CC. The molecule has 0 saturated carbocycles. The lowest BCUT2D eigenvalue weighted by Gasteiger charge is -2.33. The fourth-order valence-corrected chi connectivity index (χ4v) is 5.67. The van der Waals surface area contributed by atoms with Crippen LogP contribution in [0.5, 0.6) is 0 Å². The van der Waals surface area contributed by atoms with Gasteiger partial charge < -0.3 is 10.2 Å². The van der Waals surface area contributed by atoms with Crippen LogP contribution in [0.25, 0.3) is 0 Å². The number of rotatable bonds is 10. The van der Waals surface area contributed by atoms with Crippen LogP contribution in [0.3, 0.4) is 0 Å². The summed E-state index contributed by atoms with van der Waals surface area (Å²) < 4.78 is 0. The topological polar surface area (TPSA) is 85.8 Å². The summed E-state index contributed by atoms with van der Waals surface area (Å²) in [6.07, 6.45) is 7.95. The highest BCUT2D eigenvalue weighted by molar-refractivity contribution is 6.17. The first-order chi connectivity index (χ1) is 19.1. The van der Waals surface area contributed by atoms with E-state index in [2.05, 4.69) is 29.0 Å². The number of pyridine rings is 1. The normalized spacial score (nSPS) is 16.1. The third kappa shape index (κ3) is 6.72. The van der Waals surface area contributed by atoms with Crippen molar-refractivity contribution < 1.29 is 14.4 Å². The Morgan fingerprint density at radius 3 is 2.58 bits per heavy atom. The van der Waals surface area contributed by atoms with Gasteiger partial charge in [-0.3, -0.25) is 24.2 Å². The number of benzene rings is 1. The Labute approximate surface area is 239 Å². The molecule has 1 fully saturated rings. The van der Waals surface area contributed by atoms with Crippen molar-refractivity contribution in [1.29, 1.82) is 0 Å². The summed E-state index contributed by atoms with van der Waals surface area (Å²) in [6, 6.07) is 9.13. The highest BCUT2D eigenvalue weighted by Gasteiger charge is 2.32. The molecule has 0 aliphatic carbocycles. The Morgan fingerprint density at radius 1 is 1.12 bits per heavy atom. The molecule has 2 aliphatic heterocycles. The molecule has 0 unspecified atom stereocenters. The fourth-order valence-electron chi connectivity index (χ4n) is 5.67. The number of piperidine rings is 1. The van der Waals surface area contributed by atoms with E-state index in [1.54, 1.807) is 23.2 Å². The molecule has 0 radical (unpaired) electrons. The first-order valence-electron chi connectivity index (χ1n) is 14.9.